The molecule has 1 heterocycles. The number of carbonyl (C=O) groups excluding carboxylic acids is 1. The van der Waals surface area contributed by atoms with Crippen LogP contribution in [-0.4, -0.2) is 57.0 Å². The third kappa shape index (κ3) is 8.08. The van der Waals surface area contributed by atoms with Crippen molar-refractivity contribution in [3.05, 3.63) is 135 Å². The van der Waals surface area contributed by atoms with Crippen molar-refractivity contribution in [2.24, 2.45) is 5.11 Å². The molecule has 1 aliphatic rings. The van der Waals surface area contributed by atoms with Crippen molar-refractivity contribution in [1.82, 2.24) is 9.62 Å². The lowest BCUT2D eigenvalue weighted by Gasteiger charge is -2.40. The summed E-state index contributed by atoms with van der Waals surface area (Å²) >= 11 is 0. The van der Waals surface area contributed by atoms with Crippen LogP contribution in [0.1, 0.15) is 36.0 Å². The Morgan fingerprint density at radius 3 is 2.30 bits per heavy atom. The normalized spacial score (nSPS) is 17.7. The average Bonchev–Trinajstić information content (AvgIpc) is 3.08. The summed E-state index contributed by atoms with van der Waals surface area (Å²) in [6.07, 6.45) is 0.162. The van der Waals surface area contributed by atoms with Crippen molar-refractivity contribution in [3.63, 3.8) is 0 Å². The third-order valence-corrected chi connectivity index (χ3v) is 10.7. The van der Waals surface area contributed by atoms with E-state index in [1.807, 2.05) is 0 Å². The number of anilines is 1. The van der Waals surface area contributed by atoms with Crippen molar-refractivity contribution in [2.75, 3.05) is 25.5 Å². The second-order valence-corrected chi connectivity index (χ2v) is 13.7. The fourth-order valence-electron chi connectivity index (χ4n) is 6.29. The summed E-state index contributed by atoms with van der Waals surface area (Å²) in [7, 11) is -2.49. The second kappa shape index (κ2) is 15.7. The number of ether oxygens (including phenoxy) is 1. The van der Waals surface area contributed by atoms with Gasteiger partial charge in [0.1, 0.15) is 35.1 Å². The zero-order chi connectivity index (χ0) is 36.0. The third-order valence-electron chi connectivity index (χ3n) is 8.59. The number of hydrogen-bond acceptors (Lipinski definition) is 6. The Balaban J connectivity index is 1.44. The van der Waals surface area contributed by atoms with Crippen LogP contribution in [0, 0.1) is 23.3 Å². The van der Waals surface area contributed by atoms with Gasteiger partial charge in [0.05, 0.1) is 12.0 Å². The standard InChI is InChI=1S/C35H34F4N6O4S/c1-21-19-41-20-27(45(21)50(47,48)29-13-11-28(49-2)12-14-29)10-15-30-31(39)4-3-5-32(30)42-35(46)34(43-44-40)33(22-6-8-24(36)9-7-22)23-16-25(37)18-26(38)17-23/h3-9,11-14,16-18,21,27,33-34,41H,10,15,19-20H2,1-2H3,(H,42,46)/t21-,27+,33+,34+/m1/s1. The van der Waals surface area contributed by atoms with E-state index in [4.69, 9.17) is 4.74 Å². The molecular weight excluding hydrogens is 676 g/mol. The van der Waals surface area contributed by atoms with Gasteiger partial charge in [-0.2, -0.15) is 4.31 Å². The van der Waals surface area contributed by atoms with E-state index in [1.54, 1.807) is 19.1 Å². The quantitative estimate of drug-likeness (QED) is 0.0732. The molecule has 4 aromatic rings. The van der Waals surface area contributed by atoms with E-state index in [-0.39, 0.29) is 40.1 Å². The highest BCUT2D eigenvalue weighted by Gasteiger charge is 2.38. The molecule has 0 saturated carbocycles. The molecular formula is C35H34F4N6O4S. The number of amides is 1. The Hall–Kier alpha value is -4.95. The first-order chi connectivity index (χ1) is 23.9. The summed E-state index contributed by atoms with van der Waals surface area (Å²) in [5.41, 5.74) is 9.70. The first-order valence-electron chi connectivity index (χ1n) is 15.6. The first kappa shape index (κ1) is 36.3. The molecule has 0 aromatic heterocycles. The van der Waals surface area contributed by atoms with Gasteiger partial charge in [-0.25, -0.2) is 26.0 Å². The molecule has 0 unspecified atom stereocenters. The molecule has 0 radical (unpaired) electrons. The lowest BCUT2D eigenvalue weighted by molar-refractivity contribution is -0.117. The number of azide groups is 1. The summed E-state index contributed by atoms with van der Waals surface area (Å²) in [5, 5.41) is 9.49. The van der Waals surface area contributed by atoms with Gasteiger partial charge in [-0.15, -0.1) is 0 Å². The second-order valence-electron chi connectivity index (χ2n) is 11.8. The fraction of sp³-hybridized carbons (Fsp3) is 0.286. The molecule has 1 amide bonds. The predicted molar refractivity (Wildman–Crippen MR) is 179 cm³/mol. The number of benzene rings is 4. The number of nitrogens with zero attached hydrogens (tertiary/aromatic N) is 4. The largest absolute Gasteiger partial charge is 0.497 e. The minimum Gasteiger partial charge on any atom is -0.497 e. The van der Waals surface area contributed by atoms with E-state index in [9.17, 15) is 31.9 Å². The van der Waals surface area contributed by atoms with Gasteiger partial charge < -0.3 is 15.4 Å². The van der Waals surface area contributed by atoms with Gasteiger partial charge in [-0.3, -0.25) is 4.79 Å². The van der Waals surface area contributed by atoms with E-state index >= 15 is 4.39 Å². The molecule has 15 heteroatoms. The monoisotopic (exact) mass is 710 g/mol. The molecule has 4 aromatic carbocycles. The maximum Gasteiger partial charge on any atom is 0.243 e. The highest BCUT2D eigenvalue weighted by molar-refractivity contribution is 7.89. The van der Waals surface area contributed by atoms with Crippen LogP contribution in [-0.2, 0) is 21.2 Å². The van der Waals surface area contributed by atoms with Crippen LogP contribution in [0.4, 0.5) is 23.2 Å². The van der Waals surface area contributed by atoms with E-state index in [0.29, 0.717) is 24.9 Å². The van der Waals surface area contributed by atoms with Crippen LogP contribution < -0.4 is 15.4 Å². The van der Waals surface area contributed by atoms with Gasteiger partial charge >= 0.3 is 0 Å². The van der Waals surface area contributed by atoms with Crippen LogP contribution in [0.25, 0.3) is 10.4 Å². The lowest BCUT2D eigenvalue weighted by Crippen LogP contribution is -2.58. The van der Waals surface area contributed by atoms with Crippen LogP contribution in [0.15, 0.2) is 94.9 Å². The minimum atomic E-state index is -3.97. The highest BCUT2D eigenvalue weighted by atomic mass is 32.2. The van der Waals surface area contributed by atoms with Crippen molar-refractivity contribution in [3.8, 4) is 5.75 Å². The van der Waals surface area contributed by atoms with Crippen LogP contribution >= 0.6 is 0 Å². The van der Waals surface area contributed by atoms with Crippen LogP contribution in [0.3, 0.4) is 0 Å². The molecule has 0 bridgehead atoms. The van der Waals surface area contributed by atoms with Gasteiger partial charge in [0.25, 0.3) is 0 Å². The zero-order valence-electron chi connectivity index (χ0n) is 27.1. The molecule has 1 fully saturated rings. The number of hydrogen-bond donors (Lipinski definition) is 2. The van der Waals surface area contributed by atoms with Crippen molar-refractivity contribution >= 4 is 21.6 Å². The minimum absolute atomic E-state index is 0.00132. The molecule has 2 N–H and O–H groups in total. The van der Waals surface area contributed by atoms with Gasteiger partial charge in [0.15, 0.2) is 0 Å². The molecule has 1 aliphatic heterocycles. The Morgan fingerprint density at radius 1 is 0.980 bits per heavy atom. The Labute approximate surface area is 286 Å². The number of nitrogens with one attached hydrogen (secondary N) is 2. The molecule has 0 spiro atoms. The van der Waals surface area contributed by atoms with Crippen LogP contribution in [0.5, 0.6) is 5.75 Å². The van der Waals surface area contributed by atoms with Gasteiger partial charge in [0, 0.05) is 53.3 Å². The van der Waals surface area contributed by atoms with E-state index in [2.05, 4.69) is 20.7 Å². The number of piperazine rings is 1. The Kier molecular flexibility index (Phi) is 11.4. The fourth-order valence-corrected chi connectivity index (χ4v) is 8.13. The number of rotatable bonds is 12. The van der Waals surface area contributed by atoms with E-state index in [1.165, 1.54) is 53.9 Å². The molecule has 4 atom stereocenters. The topological polar surface area (TPSA) is 136 Å². The van der Waals surface area contributed by atoms with Crippen LogP contribution in [0.2, 0.25) is 0 Å². The molecule has 50 heavy (non-hydrogen) atoms. The van der Waals surface area contributed by atoms with E-state index < -0.39 is 63.2 Å². The van der Waals surface area contributed by atoms with Gasteiger partial charge in [-0.05, 0) is 97.1 Å². The zero-order valence-corrected chi connectivity index (χ0v) is 27.9. The summed E-state index contributed by atoms with van der Waals surface area (Å²) in [5.74, 6) is -4.87. The first-order valence-corrected chi connectivity index (χ1v) is 17.1. The number of carbonyl (C=O) groups is 1. The summed E-state index contributed by atoms with van der Waals surface area (Å²) in [4.78, 5) is 16.7. The lowest BCUT2D eigenvalue weighted by atomic mass is 9.84. The maximum absolute atomic E-state index is 15.5. The van der Waals surface area contributed by atoms with Gasteiger partial charge in [-0.1, -0.05) is 23.3 Å². The molecule has 5 rings (SSSR count). The summed E-state index contributed by atoms with van der Waals surface area (Å²) < 4.78 is 92.2. The van der Waals surface area contributed by atoms with E-state index in [0.717, 1.165) is 24.3 Å². The number of sulfonamides is 1. The maximum atomic E-state index is 15.5. The molecule has 262 valence electrons. The SMILES string of the molecule is COc1ccc(S(=O)(=O)N2[C@@H](CCc3c(F)cccc3NC(=O)[C@@H](N=[N+]=[N-])[C@@H](c3ccc(F)cc3)c3cc(F)cc(F)c3)CNC[C@H]2C)cc1. The van der Waals surface area contributed by atoms with Gasteiger partial charge in [0.2, 0.25) is 15.9 Å². The van der Waals surface area contributed by atoms with Crippen molar-refractivity contribution < 1.29 is 35.5 Å². The molecule has 1 saturated heterocycles. The number of halogens is 4. The molecule has 0 aliphatic carbocycles. The summed E-state index contributed by atoms with van der Waals surface area (Å²) in [6, 6.07) is 14.7. The number of methoxy groups -OCH3 is 1. The smallest absolute Gasteiger partial charge is 0.243 e. The van der Waals surface area contributed by atoms with Crippen molar-refractivity contribution in [2.45, 2.75) is 48.7 Å². The average molecular weight is 711 g/mol. The highest BCUT2D eigenvalue weighted by Crippen LogP contribution is 2.34. The Morgan fingerprint density at radius 2 is 1.66 bits per heavy atom. The predicted octanol–water partition coefficient (Wildman–Crippen LogP) is 6.68. The molecule has 10 nitrogen and oxygen atoms in total. The summed E-state index contributed by atoms with van der Waals surface area (Å²) in [6.45, 7) is 2.46. The Bertz CT molecular complexity index is 1970. The van der Waals surface area contributed by atoms with Crippen molar-refractivity contribution in [1.29, 1.82) is 0 Å².